The number of aryl methyl sites for hydroxylation is 1. The number of nitrogens with zero attached hydrogens (tertiary/aromatic N) is 1. The van der Waals surface area contributed by atoms with Crippen LogP contribution in [0.4, 0.5) is 0 Å². The molecule has 1 N–H and O–H groups in total. The molecule has 0 bridgehead atoms. The van der Waals surface area contributed by atoms with Crippen molar-refractivity contribution in [2.75, 3.05) is 0 Å². The van der Waals surface area contributed by atoms with Gasteiger partial charge in [-0.25, -0.2) is 0 Å². The van der Waals surface area contributed by atoms with Crippen molar-refractivity contribution >= 4 is 13.2 Å². The quantitative estimate of drug-likeness (QED) is 0.478. The van der Waals surface area contributed by atoms with Gasteiger partial charge in [0.25, 0.3) is 0 Å². The lowest BCUT2D eigenvalue weighted by molar-refractivity contribution is 1.03. The molecule has 0 atom stereocenters. The molecule has 42 valence electrons. The topological polar surface area (TPSA) is 28.7 Å². The number of hydrogen-bond donors (Lipinski definition) is 1. The fourth-order valence-electron chi connectivity index (χ4n) is 0.505. The van der Waals surface area contributed by atoms with Gasteiger partial charge in [-0.3, -0.25) is 5.10 Å². The monoisotopic (exact) mass is 108 g/mol. The second kappa shape index (κ2) is 1.47. The summed E-state index contributed by atoms with van der Waals surface area (Å²) in [5.74, 6) is 0. The predicted molar refractivity (Wildman–Crippen MR) is 33.6 cm³/mol. The van der Waals surface area contributed by atoms with Gasteiger partial charge in [0.1, 0.15) is 0 Å². The molecule has 8 heavy (non-hydrogen) atoms. The van der Waals surface area contributed by atoms with Crippen LogP contribution in [0.1, 0.15) is 5.69 Å². The van der Waals surface area contributed by atoms with E-state index >= 15 is 0 Å². The van der Waals surface area contributed by atoms with Crippen molar-refractivity contribution in [1.82, 2.24) is 10.2 Å². The Kier molecular flexibility index (Phi) is 0.938. The van der Waals surface area contributed by atoms with Gasteiger partial charge in [-0.2, -0.15) is 5.10 Å². The zero-order chi connectivity index (χ0) is 6.15. The summed E-state index contributed by atoms with van der Waals surface area (Å²) in [5.41, 5.74) is 0.926. The van der Waals surface area contributed by atoms with Gasteiger partial charge in [0.05, 0.1) is 11.0 Å². The van der Waals surface area contributed by atoms with Crippen molar-refractivity contribution in [3.63, 3.8) is 0 Å². The molecule has 0 aliphatic carbocycles. The molecule has 0 spiro atoms. The summed E-state index contributed by atoms with van der Waals surface area (Å²) in [6, 6.07) is 0. The third kappa shape index (κ3) is 0.541. The highest BCUT2D eigenvalue weighted by Crippen LogP contribution is 1.66. The molecular formula is C6H8N2. The van der Waals surface area contributed by atoms with E-state index in [1.165, 1.54) is 0 Å². The first kappa shape index (κ1) is 5.09. The van der Waals surface area contributed by atoms with Crippen molar-refractivity contribution in [3.05, 3.63) is 16.3 Å². The minimum Gasteiger partial charge on any atom is -0.278 e. The van der Waals surface area contributed by atoms with Crippen LogP contribution in [0.2, 0.25) is 0 Å². The van der Waals surface area contributed by atoms with E-state index in [0.717, 1.165) is 16.3 Å². The van der Waals surface area contributed by atoms with Gasteiger partial charge < -0.3 is 0 Å². The molecule has 0 saturated heterocycles. The van der Waals surface area contributed by atoms with Crippen molar-refractivity contribution in [2.45, 2.75) is 6.92 Å². The zero-order valence-corrected chi connectivity index (χ0v) is 4.86. The van der Waals surface area contributed by atoms with Crippen molar-refractivity contribution in [2.24, 2.45) is 0 Å². The second-order valence-corrected chi connectivity index (χ2v) is 1.77. The van der Waals surface area contributed by atoms with Crippen LogP contribution < -0.4 is 10.6 Å². The highest BCUT2D eigenvalue weighted by molar-refractivity contribution is 5.12. The standard InChI is InChI=1S/C6H8N2/c1-4-5(2)7-8-6(4)3/h7H,1-2H2,3H3. The van der Waals surface area contributed by atoms with Crippen molar-refractivity contribution < 1.29 is 0 Å². The Bertz CT molecular complexity index is 271. The number of hydrogen-bond acceptors (Lipinski definition) is 1. The Balaban J connectivity index is 3.66. The smallest absolute Gasteiger partial charge is 0.0663 e. The summed E-state index contributed by atoms with van der Waals surface area (Å²) in [4.78, 5) is 0. The first-order valence-corrected chi connectivity index (χ1v) is 2.40. The lowest BCUT2D eigenvalue weighted by Crippen LogP contribution is -2.19. The minimum absolute atomic E-state index is 0.808. The summed E-state index contributed by atoms with van der Waals surface area (Å²) in [5, 5.41) is 8.29. The number of H-pyrrole nitrogens is 1. The lowest BCUT2D eigenvalue weighted by atomic mass is 10.4. The van der Waals surface area contributed by atoms with Gasteiger partial charge in [0.2, 0.25) is 0 Å². The van der Waals surface area contributed by atoms with Gasteiger partial charge in [-0.15, -0.1) is 0 Å². The average molecular weight is 108 g/mol. The van der Waals surface area contributed by atoms with Gasteiger partial charge in [-0.1, -0.05) is 13.2 Å². The maximum atomic E-state index is 3.87. The molecule has 0 aliphatic heterocycles. The molecule has 0 saturated carbocycles. The Morgan fingerprint density at radius 2 is 2.12 bits per heavy atom. The Labute approximate surface area is 47.5 Å². The molecule has 1 aromatic rings. The maximum Gasteiger partial charge on any atom is 0.0663 e. The van der Waals surface area contributed by atoms with E-state index in [9.17, 15) is 0 Å². The summed E-state index contributed by atoms with van der Waals surface area (Å²) in [7, 11) is 0. The molecule has 0 aromatic carbocycles. The summed E-state index contributed by atoms with van der Waals surface area (Å²) in [6.07, 6.45) is 0. The first-order valence-electron chi connectivity index (χ1n) is 2.40. The third-order valence-corrected chi connectivity index (χ3v) is 1.16. The zero-order valence-electron chi connectivity index (χ0n) is 4.86. The highest BCUT2D eigenvalue weighted by atomic mass is 15.1. The van der Waals surface area contributed by atoms with Gasteiger partial charge in [0.15, 0.2) is 0 Å². The fourth-order valence-corrected chi connectivity index (χ4v) is 0.505. The molecule has 0 amide bonds. The number of rotatable bonds is 0. The molecule has 0 unspecified atom stereocenters. The van der Waals surface area contributed by atoms with Crippen LogP contribution in [0.3, 0.4) is 0 Å². The molecule has 2 heteroatoms. The minimum atomic E-state index is 0.808. The Morgan fingerprint density at radius 3 is 2.25 bits per heavy atom. The van der Waals surface area contributed by atoms with Gasteiger partial charge in [0, 0.05) is 5.22 Å². The largest absolute Gasteiger partial charge is 0.278 e. The third-order valence-electron chi connectivity index (χ3n) is 1.16. The molecule has 1 heterocycles. The van der Waals surface area contributed by atoms with Crippen LogP contribution in [0.5, 0.6) is 0 Å². The average Bonchev–Trinajstić information content (AvgIpc) is 1.98. The van der Waals surface area contributed by atoms with Gasteiger partial charge >= 0.3 is 0 Å². The predicted octanol–water partition coefficient (Wildman–Crippen LogP) is -0.461. The fraction of sp³-hybridized carbons (Fsp3) is 0.167. The van der Waals surface area contributed by atoms with Crippen LogP contribution in [-0.2, 0) is 0 Å². The van der Waals surface area contributed by atoms with Crippen LogP contribution in [-0.4, -0.2) is 10.2 Å². The van der Waals surface area contributed by atoms with Crippen LogP contribution in [0.15, 0.2) is 0 Å². The molecule has 1 rings (SSSR count). The summed E-state index contributed by atoms with van der Waals surface area (Å²) >= 11 is 0. The van der Waals surface area contributed by atoms with Crippen LogP contribution in [0.25, 0.3) is 13.2 Å². The highest BCUT2D eigenvalue weighted by Gasteiger charge is 1.85. The normalized spacial score (nSPS) is 9.62. The maximum absolute atomic E-state index is 3.87. The van der Waals surface area contributed by atoms with Crippen molar-refractivity contribution in [3.8, 4) is 0 Å². The molecule has 0 radical (unpaired) electrons. The second-order valence-electron chi connectivity index (χ2n) is 1.77. The molecule has 1 aromatic heterocycles. The molecule has 2 nitrogen and oxygen atoms in total. The van der Waals surface area contributed by atoms with E-state index in [2.05, 4.69) is 23.4 Å². The van der Waals surface area contributed by atoms with E-state index in [0.29, 0.717) is 0 Å². The van der Waals surface area contributed by atoms with Gasteiger partial charge in [-0.05, 0) is 6.92 Å². The number of nitrogens with one attached hydrogen (secondary N) is 1. The Hall–Kier alpha value is -1.05. The van der Waals surface area contributed by atoms with E-state index in [1.807, 2.05) is 6.92 Å². The molecule has 0 fully saturated rings. The summed E-state index contributed by atoms with van der Waals surface area (Å²) in [6.45, 7) is 9.28. The van der Waals surface area contributed by atoms with Crippen LogP contribution >= 0.6 is 0 Å². The number of aromatic amines is 1. The lowest BCUT2D eigenvalue weighted by Gasteiger charge is -1.69. The van der Waals surface area contributed by atoms with Crippen LogP contribution in [0, 0.1) is 6.92 Å². The Morgan fingerprint density at radius 1 is 1.50 bits per heavy atom. The molecular weight excluding hydrogens is 100 g/mol. The van der Waals surface area contributed by atoms with Crippen molar-refractivity contribution in [1.29, 1.82) is 0 Å². The SMILES string of the molecule is C=c1[nH]nc(C)c1=C. The molecule has 0 aliphatic rings. The summed E-state index contributed by atoms with van der Waals surface area (Å²) < 4.78 is 0. The van der Waals surface area contributed by atoms with E-state index < -0.39 is 0 Å². The van der Waals surface area contributed by atoms with E-state index in [4.69, 9.17) is 0 Å². The van der Waals surface area contributed by atoms with E-state index in [1.54, 1.807) is 0 Å². The van der Waals surface area contributed by atoms with E-state index in [-0.39, 0.29) is 0 Å². The first-order chi connectivity index (χ1) is 3.72. The number of aromatic nitrogens is 2.